The van der Waals surface area contributed by atoms with Crippen molar-refractivity contribution in [3.8, 4) is 11.6 Å². The number of halogens is 1. The molecule has 2 aliphatic rings. The number of carbonyl (C=O) groups excluding carboxylic acids is 2. The second-order valence-electron chi connectivity index (χ2n) is 6.53. The number of Topliss-reactive ketones (excluding diaryl/α,β-unsaturated/α-hetero) is 1. The Balaban J connectivity index is 1.50. The van der Waals surface area contributed by atoms with E-state index in [0.29, 0.717) is 60.9 Å². The van der Waals surface area contributed by atoms with Gasteiger partial charge in [-0.2, -0.15) is 0 Å². The second-order valence-corrected chi connectivity index (χ2v) is 6.53. The predicted octanol–water partition coefficient (Wildman–Crippen LogP) is 2.93. The van der Waals surface area contributed by atoms with Gasteiger partial charge < -0.3 is 14.4 Å². The molecule has 2 aromatic rings. The number of hydrogen-bond donors (Lipinski definition) is 0. The fourth-order valence-electron chi connectivity index (χ4n) is 3.51. The number of fused-ring (bicyclic) bond motifs is 1. The summed E-state index contributed by atoms with van der Waals surface area (Å²) >= 11 is 0. The molecule has 1 atom stereocenters. The predicted molar refractivity (Wildman–Crippen MR) is 95.8 cm³/mol. The van der Waals surface area contributed by atoms with E-state index in [1.807, 2.05) is 6.92 Å². The molecule has 0 bridgehead atoms. The van der Waals surface area contributed by atoms with Crippen molar-refractivity contribution in [3.63, 3.8) is 0 Å². The highest BCUT2D eigenvalue weighted by atomic mass is 19.1. The van der Waals surface area contributed by atoms with Crippen LogP contribution in [0.4, 0.5) is 10.1 Å². The number of rotatable bonds is 5. The van der Waals surface area contributed by atoms with Crippen molar-refractivity contribution in [3.05, 3.63) is 47.4 Å². The van der Waals surface area contributed by atoms with E-state index in [1.54, 1.807) is 18.2 Å². The summed E-state index contributed by atoms with van der Waals surface area (Å²) in [6, 6.07) is 6.32. The van der Waals surface area contributed by atoms with E-state index in [2.05, 4.69) is 4.98 Å². The lowest BCUT2D eigenvalue weighted by Crippen LogP contribution is -2.32. The van der Waals surface area contributed by atoms with E-state index in [9.17, 15) is 14.0 Å². The molecule has 1 aliphatic heterocycles. The average molecular weight is 370 g/mol. The van der Waals surface area contributed by atoms with Crippen molar-refractivity contribution < 1.29 is 23.5 Å². The number of benzene rings is 1. The molecule has 0 N–H and O–H groups in total. The molecule has 4 rings (SSSR count). The number of nitrogens with zero attached hydrogens (tertiary/aromatic N) is 2. The van der Waals surface area contributed by atoms with Crippen LogP contribution < -0.4 is 14.4 Å². The topological polar surface area (TPSA) is 68.7 Å². The summed E-state index contributed by atoms with van der Waals surface area (Å²) < 4.78 is 25.3. The van der Waals surface area contributed by atoms with Gasteiger partial charge in [0, 0.05) is 36.7 Å². The van der Waals surface area contributed by atoms with E-state index in [-0.39, 0.29) is 11.7 Å². The maximum atomic E-state index is 14.3. The lowest BCUT2D eigenvalue weighted by molar-refractivity contribution is -0.122. The van der Waals surface area contributed by atoms with Crippen molar-refractivity contribution in [2.45, 2.75) is 32.3 Å². The Bertz CT molecular complexity index is 898. The highest BCUT2D eigenvalue weighted by Gasteiger charge is 2.36. The molecule has 2 heterocycles. The maximum Gasteiger partial charge on any atom is 0.268 e. The molecule has 7 heteroatoms. The summed E-state index contributed by atoms with van der Waals surface area (Å²) in [6.07, 6.45) is 2.05. The summed E-state index contributed by atoms with van der Waals surface area (Å²) in [5.41, 5.74) is 1.24. The van der Waals surface area contributed by atoms with E-state index in [0.717, 1.165) is 0 Å². The van der Waals surface area contributed by atoms with Gasteiger partial charge in [0.05, 0.1) is 12.8 Å². The normalized spacial score (nSPS) is 18.7. The number of ether oxygens (including phenoxy) is 2. The molecule has 1 unspecified atom stereocenters. The van der Waals surface area contributed by atoms with E-state index in [4.69, 9.17) is 9.47 Å². The van der Waals surface area contributed by atoms with Crippen LogP contribution in [0.1, 0.15) is 35.7 Å². The minimum absolute atomic E-state index is 0.0781. The number of pyridine rings is 1. The van der Waals surface area contributed by atoms with Gasteiger partial charge in [0.2, 0.25) is 5.88 Å². The molecule has 1 fully saturated rings. The lowest BCUT2D eigenvalue weighted by Gasteiger charge is -2.18. The number of anilines is 1. The summed E-state index contributed by atoms with van der Waals surface area (Å²) in [7, 11) is 0. The van der Waals surface area contributed by atoms with E-state index >= 15 is 0 Å². The Morgan fingerprint density at radius 3 is 2.85 bits per heavy atom. The fourth-order valence-corrected chi connectivity index (χ4v) is 3.51. The number of carbonyl (C=O) groups is 2. The molecule has 1 aromatic heterocycles. The third-order valence-electron chi connectivity index (χ3n) is 4.83. The molecule has 0 radical (unpaired) electrons. The van der Waals surface area contributed by atoms with Crippen LogP contribution >= 0.6 is 0 Å². The zero-order valence-corrected chi connectivity index (χ0v) is 14.9. The van der Waals surface area contributed by atoms with Crippen molar-refractivity contribution in [1.82, 2.24) is 4.98 Å². The number of amides is 1. The molecule has 27 heavy (non-hydrogen) atoms. The van der Waals surface area contributed by atoms with Crippen LogP contribution in [0.2, 0.25) is 0 Å². The standard InChI is InChI=1S/C20H19FN2O4/c1-2-26-19-6-3-13(11-22-19)27-18-7-8-23(20(18)25)12-9-15-14(16(21)10-12)4-5-17(15)24/h3,6,9-11,18H,2,4-5,7-8H2,1H3. The number of hydrogen-bond acceptors (Lipinski definition) is 5. The molecule has 140 valence electrons. The highest BCUT2D eigenvalue weighted by molar-refractivity contribution is 6.04. The van der Waals surface area contributed by atoms with Gasteiger partial charge >= 0.3 is 0 Å². The molecule has 1 aliphatic carbocycles. The van der Waals surface area contributed by atoms with Gasteiger partial charge in [-0.1, -0.05) is 0 Å². The molecule has 6 nitrogen and oxygen atoms in total. The summed E-state index contributed by atoms with van der Waals surface area (Å²) in [5.74, 6) is 0.192. The molecule has 1 aromatic carbocycles. The van der Waals surface area contributed by atoms with Crippen LogP contribution in [0.25, 0.3) is 0 Å². The summed E-state index contributed by atoms with van der Waals surface area (Å²) in [5, 5.41) is 0. The second kappa shape index (κ2) is 6.98. The summed E-state index contributed by atoms with van der Waals surface area (Å²) in [6.45, 7) is 2.79. The first-order valence-electron chi connectivity index (χ1n) is 8.99. The quantitative estimate of drug-likeness (QED) is 0.809. The minimum atomic E-state index is -0.670. The Labute approximate surface area is 155 Å². The first-order chi connectivity index (χ1) is 13.1. The smallest absolute Gasteiger partial charge is 0.268 e. The van der Waals surface area contributed by atoms with Gasteiger partial charge in [0.1, 0.15) is 11.6 Å². The van der Waals surface area contributed by atoms with Crippen LogP contribution in [-0.4, -0.2) is 35.9 Å². The summed E-state index contributed by atoms with van der Waals surface area (Å²) in [4.78, 5) is 30.2. The first kappa shape index (κ1) is 17.5. The third kappa shape index (κ3) is 3.25. The monoisotopic (exact) mass is 370 g/mol. The Kier molecular flexibility index (Phi) is 4.51. The van der Waals surface area contributed by atoms with Gasteiger partial charge in [-0.25, -0.2) is 9.37 Å². The maximum absolute atomic E-state index is 14.3. The van der Waals surface area contributed by atoms with Gasteiger partial charge in [-0.3, -0.25) is 9.59 Å². The fraction of sp³-hybridized carbons (Fsp3) is 0.350. The van der Waals surface area contributed by atoms with Crippen molar-refractivity contribution in [2.24, 2.45) is 0 Å². The van der Waals surface area contributed by atoms with Crippen molar-refractivity contribution in [1.29, 1.82) is 0 Å². The first-order valence-corrected chi connectivity index (χ1v) is 8.99. The number of ketones is 1. The van der Waals surface area contributed by atoms with Crippen LogP contribution in [0.5, 0.6) is 11.6 Å². The zero-order valence-electron chi connectivity index (χ0n) is 14.9. The van der Waals surface area contributed by atoms with Crippen LogP contribution in [0.15, 0.2) is 30.5 Å². The van der Waals surface area contributed by atoms with Gasteiger partial charge in [0.25, 0.3) is 5.91 Å². The Morgan fingerprint density at radius 2 is 2.11 bits per heavy atom. The SMILES string of the molecule is CCOc1ccc(OC2CCN(c3cc(F)c4c(c3)C(=O)CC4)C2=O)cn1. The average Bonchev–Trinajstić information content (AvgIpc) is 3.21. The molecular formula is C20H19FN2O4. The van der Waals surface area contributed by atoms with Gasteiger partial charge in [0.15, 0.2) is 11.9 Å². The molecule has 0 saturated carbocycles. The van der Waals surface area contributed by atoms with Crippen molar-refractivity contribution >= 4 is 17.4 Å². The van der Waals surface area contributed by atoms with Gasteiger partial charge in [-0.05, 0) is 37.1 Å². The Morgan fingerprint density at radius 1 is 1.26 bits per heavy atom. The minimum Gasteiger partial charge on any atom is -0.479 e. The molecular weight excluding hydrogens is 351 g/mol. The Hall–Kier alpha value is -2.96. The largest absolute Gasteiger partial charge is 0.479 e. The van der Waals surface area contributed by atoms with Crippen LogP contribution in [0.3, 0.4) is 0 Å². The highest BCUT2D eigenvalue weighted by Crippen LogP contribution is 2.32. The van der Waals surface area contributed by atoms with Crippen LogP contribution in [0, 0.1) is 5.82 Å². The molecule has 1 saturated heterocycles. The van der Waals surface area contributed by atoms with E-state index < -0.39 is 11.9 Å². The molecule has 0 spiro atoms. The third-order valence-corrected chi connectivity index (χ3v) is 4.83. The van der Waals surface area contributed by atoms with Gasteiger partial charge in [-0.15, -0.1) is 0 Å². The zero-order chi connectivity index (χ0) is 19.0. The van der Waals surface area contributed by atoms with E-state index in [1.165, 1.54) is 17.2 Å². The lowest BCUT2D eigenvalue weighted by atomic mass is 10.1. The van der Waals surface area contributed by atoms with Crippen molar-refractivity contribution in [2.75, 3.05) is 18.1 Å². The number of aromatic nitrogens is 1. The molecule has 1 amide bonds. The van der Waals surface area contributed by atoms with Crippen LogP contribution in [-0.2, 0) is 11.2 Å².